The van der Waals surface area contributed by atoms with E-state index >= 15 is 0 Å². The number of hydrogen-bond donors (Lipinski definition) is 1. The van der Waals surface area contributed by atoms with E-state index < -0.39 is 0 Å². The summed E-state index contributed by atoms with van der Waals surface area (Å²) in [5.41, 5.74) is 18.6. The molecule has 0 aliphatic carbocycles. The predicted octanol–water partition coefficient (Wildman–Crippen LogP) is 11.5. The van der Waals surface area contributed by atoms with Gasteiger partial charge in [-0.05, 0) is 85.5 Å². The largest absolute Gasteiger partial charge is 0.456 e. The van der Waals surface area contributed by atoms with Gasteiger partial charge in [0.2, 0.25) is 0 Å². The average molecular weight is 704 g/mol. The van der Waals surface area contributed by atoms with E-state index in [1.807, 2.05) is 6.07 Å². The number of rotatable bonds is 4. The molecule has 0 bridgehead atoms. The van der Waals surface area contributed by atoms with E-state index in [1.54, 1.807) is 0 Å². The topological polar surface area (TPSA) is 35.0 Å². The smallest absolute Gasteiger partial charge is 0.198 e. The van der Waals surface area contributed by atoms with Gasteiger partial charge in [0, 0.05) is 54.9 Å². The molecule has 1 aliphatic heterocycles. The summed E-state index contributed by atoms with van der Waals surface area (Å²) < 4.78 is 11.7. The molecule has 11 aromatic rings. The van der Waals surface area contributed by atoms with Crippen molar-refractivity contribution in [3.8, 4) is 22.5 Å². The fourth-order valence-electron chi connectivity index (χ4n) is 9.39. The minimum Gasteiger partial charge on any atom is -0.456 e. The van der Waals surface area contributed by atoms with E-state index in [1.165, 1.54) is 82.6 Å². The molecule has 0 atom stereocenters. The molecule has 5 heteroatoms. The zero-order chi connectivity index (χ0) is 36.4. The number of aryl methyl sites for hydroxylation is 2. The number of aromatic nitrogens is 2. The van der Waals surface area contributed by atoms with Crippen LogP contribution < -0.4 is 16.2 Å². The second kappa shape index (κ2) is 11.3. The highest BCUT2D eigenvalue weighted by Gasteiger charge is 2.30. The second-order valence-electron chi connectivity index (χ2n) is 15.2. The number of nitrogens with zero attached hydrogens (tertiary/aromatic N) is 2. The van der Waals surface area contributed by atoms with Gasteiger partial charge in [-0.3, -0.25) is 0 Å². The van der Waals surface area contributed by atoms with Gasteiger partial charge in [-0.2, -0.15) is 0 Å². The van der Waals surface area contributed by atoms with Gasteiger partial charge in [0.05, 0.1) is 27.8 Å². The standard InChI is InChI=1S/C50H34BN3O/c1-29-19-22-31(23-20-29)52-40-26-37-34-13-6-10-18-46(34)55-47(37)28-36(40)38-27-45(53-41-15-7-3-11-32(41)33-12-4-8-16-42(33)53)48-35-14-5-9-17-43(35)54-44-24-21-30(2)25-39(44)51-49(38)50(48)54/h3-28,51-52H,1-2H3. The normalized spacial score (nSPS) is 12.3. The third-order valence-electron chi connectivity index (χ3n) is 11.8. The molecule has 258 valence electrons. The van der Waals surface area contributed by atoms with E-state index in [4.69, 9.17) is 4.42 Å². The Morgan fingerprint density at radius 3 is 1.87 bits per heavy atom. The lowest BCUT2D eigenvalue weighted by Crippen LogP contribution is -2.37. The molecule has 8 aromatic carbocycles. The second-order valence-corrected chi connectivity index (χ2v) is 15.2. The SMILES string of the molecule is Cc1ccc(Nc2cc3c(cc2-c2cc(-n4c5ccccc5c5ccccc54)c4c5ccccc5n5c4c2Bc2cc(C)ccc2-5)oc2ccccc23)cc1. The van der Waals surface area contributed by atoms with Crippen LogP contribution in [-0.2, 0) is 0 Å². The van der Waals surface area contributed by atoms with Gasteiger partial charge >= 0.3 is 0 Å². The Hall–Kier alpha value is -6.98. The minimum absolute atomic E-state index is 0.814. The van der Waals surface area contributed by atoms with Crippen molar-refractivity contribution in [3.63, 3.8) is 0 Å². The molecule has 1 aliphatic rings. The van der Waals surface area contributed by atoms with Crippen molar-refractivity contribution in [1.82, 2.24) is 9.13 Å². The van der Waals surface area contributed by atoms with E-state index in [0.717, 1.165) is 46.2 Å². The van der Waals surface area contributed by atoms with Gasteiger partial charge in [-0.15, -0.1) is 0 Å². The van der Waals surface area contributed by atoms with Crippen LogP contribution in [0.2, 0.25) is 0 Å². The lowest BCUT2D eigenvalue weighted by atomic mass is 9.58. The monoisotopic (exact) mass is 703 g/mol. The molecule has 0 saturated carbocycles. The number of nitrogens with one attached hydrogen (secondary N) is 1. The van der Waals surface area contributed by atoms with E-state index in [-0.39, 0.29) is 0 Å². The van der Waals surface area contributed by atoms with E-state index in [2.05, 4.69) is 180 Å². The van der Waals surface area contributed by atoms with Crippen molar-refractivity contribution >= 4 is 95.1 Å². The van der Waals surface area contributed by atoms with Crippen molar-refractivity contribution < 1.29 is 4.42 Å². The summed E-state index contributed by atoms with van der Waals surface area (Å²) in [6.45, 7) is 4.33. The first kappa shape index (κ1) is 30.5. The zero-order valence-electron chi connectivity index (χ0n) is 30.5. The van der Waals surface area contributed by atoms with Crippen molar-refractivity contribution in [2.45, 2.75) is 13.8 Å². The van der Waals surface area contributed by atoms with Gasteiger partial charge in [0.1, 0.15) is 11.2 Å². The summed E-state index contributed by atoms with van der Waals surface area (Å²) in [5, 5.41) is 11.1. The molecule has 12 rings (SSSR count). The number of benzene rings is 8. The Labute approximate surface area is 318 Å². The summed E-state index contributed by atoms with van der Waals surface area (Å²) in [4.78, 5) is 0. The van der Waals surface area contributed by atoms with Gasteiger partial charge in [-0.25, -0.2) is 0 Å². The first-order chi connectivity index (χ1) is 27.1. The van der Waals surface area contributed by atoms with Gasteiger partial charge in [0.25, 0.3) is 0 Å². The number of anilines is 2. The number of para-hydroxylation sites is 4. The van der Waals surface area contributed by atoms with Crippen LogP contribution in [0.1, 0.15) is 11.1 Å². The van der Waals surface area contributed by atoms with Crippen LogP contribution in [-0.4, -0.2) is 16.4 Å². The quantitative estimate of drug-likeness (QED) is 0.185. The molecule has 55 heavy (non-hydrogen) atoms. The molecule has 4 heterocycles. The summed E-state index contributed by atoms with van der Waals surface area (Å²) in [6, 6.07) is 57.6. The Balaban J connectivity index is 1.27. The molecule has 0 saturated heterocycles. The highest BCUT2D eigenvalue weighted by molar-refractivity contribution is 6.73. The zero-order valence-corrected chi connectivity index (χ0v) is 30.5. The third kappa shape index (κ3) is 4.35. The molecule has 0 spiro atoms. The average Bonchev–Trinajstić information content (AvgIpc) is 3.87. The Bertz CT molecular complexity index is 3350. The molecule has 4 nitrogen and oxygen atoms in total. The van der Waals surface area contributed by atoms with Crippen LogP contribution in [0.4, 0.5) is 11.4 Å². The fraction of sp³-hybridized carbons (Fsp3) is 0.0400. The number of furan rings is 1. The lowest BCUT2D eigenvalue weighted by molar-refractivity contribution is 0.669. The van der Waals surface area contributed by atoms with Crippen LogP contribution in [0.3, 0.4) is 0 Å². The molecule has 0 amide bonds. The first-order valence-electron chi connectivity index (χ1n) is 19.1. The minimum atomic E-state index is 0.814. The Morgan fingerprint density at radius 2 is 1.13 bits per heavy atom. The third-order valence-corrected chi connectivity index (χ3v) is 11.8. The van der Waals surface area contributed by atoms with Crippen LogP contribution >= 0.6 is 0 Å². The van der Waals surface area contributed by atoms with Crippen LogP contribution in [0.25, 0.3) is 88.1 Å². The highest BCUT2D eigenvalue weighted by Crippen LogP contribution is 2.45. The maximum Gasteiger partial charge on any atom is 0.198 e. The Morgan fingerprint density at radius 1 is 0.491 bits per heavy atom. The summed E-state index contributed by atoms with van der Waals surface area (Å²) in [5.74, 6) is 0. The summed E-state index contributed by atoms with van der Waals surface area (Å²) in [7, 11) is 0.814. The van der Waals surface area contributed by atoms with Crippen molar-refractivity contribution in [3.05, 3.63) is 169 Å². The first-order valence-corrected chi connectivity index (χ1v) is 19.1. The Kier molecular flexibility index (Phi) is 6.24. The molecule has 0 unspecified atom stereocenters. The summed E-state index contributed by atoms with van der Waals surface area (Å²) in [6.07, 6.45) is 0. The fourth-order valence-corrected chi connectivity index (χ4v) is 9.39. The van der Waals surface area contributed by atoms with Crippen molar-refractivity contribution in [2.75, 3.05) is 5.32 Å². The van der Waals surface area contributed by atoms with Crippen molar-refractivity contribution in [2.24, 2.45) is 0 Å². The van der Waals surface area contributed by atoms with E-state index in [0.29, 0.717) is 0 Å². The van der Waals surface area contributed by atoms with Gasteiger partial charge in [-0.1, -0.05) is 114 Å². The lowest BCUT2D eigenvalue weighted by Gasteiger charge is -2.25. The van der Waals surface area contributed by atoms with Gasteiger partial charge in [0.15, 0.2) is 7.28 Å². The van der Waals surface area contributed by atoms with E-state index in [9.17, 15) is 0 Å². The van der Waals surface area contributed by atoms with Gasteiger partial charge < -0.3 is 18.9 Å². The molecule has 0 radical (unpaired) electrons. The maximum atomic E-state index is 6.63. The number of fused-ring (bicyclic) bond motifs is 11. The predicted molar refractivity (Wildman–Crippen MR) is 233 cm³/mol. The molecule has 0 fully saturated rings. The molecular formula is C50H34BN3O. The molecular weight excluding hydrogens is 669 g/mol. The van der Waals surface area contributed by atoms with Crippen LogP contribution in [0, 0.1) is 13.8 Å². The molecule has 1 N–H and O–H groups in total. The van der Waals surface area contributed by atoms with Crippen LogP contribution in [0.5, 0.6) is 0 Å². The maximum absolute atomic E-state index is 6.63. The summed E-state index contributed by atoms with van der Waals surface area (Å²) >= 11 is 0. The number of hydrogen-bond acceptors (Lipinski definition) is 2. The molecule has 3 aromatic heterocycles. The van der Waals surface area contributed by atoms with Crippen LogP contribution in [0.15, 0.2) is 162 Å². The van der Waals surface area contributed by atoms with Crippen molar-refractivity contribution in [1.29, 1.82) is 0 Å². The highest BCUT2D eigenvalue weighted by atomic mass is 16.3.